The first kappa shape index (κ1) is 18.8. The third-order valence-corrected chi connectivity index (χ3v) is 3.35. The van der Waals surface area contributed by atoms with Gasteiger partial charge in [0.15, 0.2) is 11.5 Å². The Labute approximate surface area is 137 Å². The van der Waals surface area contributed by atoms with Crippen molar-refractivity contribution in [2.45, 2.75) is 27.7 Å². The number of likely N-dealkylation sites (N-methyl/N-ethyl adjacent to an activating group) is 1. The van der Waals surface area contributed by atoms with Gasteiger partial charge in [-0.1, -0.05) is 13.8 Å². The van der Waals surface area contributed by atoms with Crippen molar-refractivity contribution in [3.63, 3.8) is 0 Å². The summed E-state index contributed by atoms with van der Waals surface area (Å²) in [4.78, 5) is 13.6. The lowest BCUT2D eigenvalue weighted by atomic mass is 10.3. The van der Waals surface area contributed by atoms with Crippen molar-refractivity contribution in [3.8, 4) is 5.75 Å². The highest BCUT2D eigenvalue weighted by Gasteiger charge is 2.06. The molecule has 0 aliphatic heterocycles. The highest BCUT2D eigenvalue weighted by atomic mass is 16.5. The van der Waals surface area contributed by atoms with E-state index in [9.17, 15) is 9.90 Å². The average molecular weight is 319 g/mol. The van der Waals surface area contributed by atoms with Crippen LogP contribution in [0, 0.1) is 0 Å². The molecule has 126 valence electrons. The Hall–Kier alpha value is -2.21. The van der Waals surface area contributed by atoms with Crippen molar-refractivity contribution < 1.29 is 14.6 Å². The maximum absolute atomic E-state index is 11.3. The number of benzene rings is 1. The number of hydrogen-bond acceptors (Lipinski definition) is 6. The van der Waals surface area contributed by atoms with Gasteiger partial charge in [0, 0.05) is 13.5 Å². The van der Waals surface area contributed by atoms with Crippen molar-refractivity contribution >= 4 is 11.5 Å². The van der Waals surface area contributed by atoms with Crippen LogP contribution in [-0.2, 0) is 4.79 Å². The number of carbonyl (C=O) groups excluding carboxylic acids is 1. The monoisotopic (exact) mass is 319 g/mol. The topological polar surface area (TPSA) is 74.5 Å². The van der Waals surface area contributed by atoms with Crippen LogP contribution in [0.4, 0.5) is 5.69 Å². The largest absolute Gasteiger partial charge is 0.510 e. The summed E-state index contributed by atoms with van der Waals surface area (Å²) < 4.78 is 5.68. The molecule has 0 fully saturated rings. The third-order valence-electron chi connectivity index (χ3n) is 3.35. The van der Waals surface area contributed by atoms with E-state index in [4.69, 9.17) is 4.74 Å². The molecule has 0 amide bonds. The van der Waals surface area contributed by atoms with Gasteiger partial charge in [-0.15, -0.1) is 5.11 Å². The van der Waals surface area contributed by atoms with E-state index >= 15 is 0 Å². The molecule has 6 nitrogen and oxygen atoms in total. The SMILES string of the molecule is CCN(CC)CCOc1ccc(N=N/C(C(C)=O)=C(\C)O)cc1. The van der Waals surface area contributed by atoms with Crippen molar-refractivity contribution in [3.05, 3.63) is 35.7 Å². The lowest BCUT2D eigenvalue weighted by Crippen LogP contribution is -2.27. The number of allylic oxidation sites excluding steroid dienone is 2. The summed E-state index contributed by atoms with van der Waals surface area (Å²) in [5.74, 6) is 0.291. The molecule has 0 aromatic heterocycles. The van der Waals surface area contributed by atoms with E-state index in [0.29, 0.717) is 12.3 Å². The molecular weight excluding hydrogens is 294 g/mol. The van der Waals surface area contributed by atoms with Gasteiger partial charge in [0.05, 0.1) is 5.69 Å². The zero-order valence-electron chi connectivity index (χ0n) is 14.2. The summed E-state index contributed by atoms with van der Waals surface area (Å²) in [6, 6.07) is 7.11. The molecule has 0 bridgehead atoms. The Bertz CT molecular complexity index is 557. The van der Waals surface area contributed by atoms with Gasteiger partial charge >= 0.3 is 0 Å². The van der Waals surface area contributed by atoms with Crippen molar-refractivity contribution in [2.75, 3.05) is 26.2 Å². The molecule has 1 N–H and O–H groups in total. The number of nitrogens with zero attached hydrogens (tertiary/aromatic N) is 3. The number of aliphatic hydroxyl groups is 1. The van der Waals surface area contributed by atoms with Gasteiger partial charge in [-0.25, -0.2) is 0 Å². The fraction of sp³-hybridized carbons (Fsp3) is 0.471. The maximum atomic E-state index is 11.3. The van der Waals surface area contributed by atoms with Crippen LogP contribution in [-0.4, -0.2) is 42.0 Å². The number of aliphatic hydroxyl groups excluding tert-OH is 1. The minimum Gasteiger partial charge on any atom is -0.510 e. The summed E-state index contributed by atoms with van der Waals surface area (Å²) in [5, 5.41) is 17.1. The summed E-state index contributed by atoms with van der Waals surface area (Å²) in [6.45, 7) is 10.5. The average Bonchev–Trinajstić information content (AvgIpc) is 2.52. The molecule has 0 atom stereocenters. The Morgan fingerprint density at radius 2 is 1.78 bits per heavy atom. The quantitative estimate of drug-likeness (QED) is 0.426. The van der Waals surface area contributed by atoms with Gasteiger partial charge in [0.25, 0.3) is 0 Å². The van der Waals surface area contributed by atoms with Gasteiger partial charge in [-0.3, -0.25) is 4.79 Å². The van der Waals surface area contributed by atoms with Gasteiger partial charge in [0.2, 0.25) is 0 Å². The number of ether oxygens (including phenoxy) is 1. The molecule has 0 aliphatic carbocycles. The Morgan fingerprint density at radius 1 is 1.17 bits per heavy atom. The zero-order valence-corrected chi connectivity index (χ0v) is 14.2. The van der Waals surface area contributed by atoms with Crippen molar-refractivity contribution in [1.82, 2.24) is 4.90 Å². The maximum Gasteiger partial charge on any atom is 0.183 e. The first-order chi connectivity index (χ1) is 11.0. The number of rotatable bonds is 9. The van der Waals surface area contributed by atoms with E-state index in [2.05, 4.69) is 29.0 Å². The second-order valence-electron chi connectivity index (χ2n) is 5.06. The minimum absolute atomic E-state index is 0.0375. The molecule has 0 spiro atoms. The van der Waals surface area contributed by atoms with Gasteiger partial charge in [-0.05, 0) is 44.3 Å². The molecule has 6 heteroatoms. The van der Waals surface area contributed by atoms with Gasteiger partial charge in [0.1, 0.15) is 18.1 Å². The fourth-order valence-electron chi connectivity index (χ4n) is 1.95. The van der Waals surface area contributed by atoms with Crippen molar-refractivity contribution in [2.24, 2.45) is 10.2 Å². The molecule has 0 saturated carbocycles. The van der Waals surface area contributed by atoms with Gasteiger partial charge < -0.3 is 14.7 Å². The van der Waals surface area contributed by atoms with Crippen LogP contribution < -0.4 is 4.74 Å². The lowest BCUT2D eigenvalue weighted by molar-refractivity contribution is -0.113. The highest BCUT2D eigenvalue weighted by Crippen LogP contribution is 2.19. The number of carbonyl (C=O) groups is 1. The Balaban J connectivity index is 2.60. The molecular formula is C17H25N3O3. The molecule has 0 aliphatic rings. The van der Waals surface area contributed by atoms with Crippen LogP contribution in [0.3, 0.4) is 0 Å². The van der Waals surface area contributed by atoms with Crippen LogP contribution in [0.25, 0.3) is 0 Å². The third kappa shape index (κ3) is 6.61. The number of hydrogen-bond donors (Lipinski definition) is 1. The van der Waals surface area contributed by atoms with E-state index in [0.717, 1.165) is 25.4 Å². The minimum atomic E-state index is -0.329. The van der Waals surface area contributed by atoms with E-state index < -0.39 is 0 Å². The second-order valence-corrected chi connectivity index (χ2v) is 5.06. The zero-order chi connectivity index (χ0) is 17.2. The van der Waals surface area contributed by atoms with E-state index in [-0.39, 0.29) is 17.2 Å². The smallest absolute Gasteiger partial charge is 0.183 e. The lowest BCUT2D eigenvalue weighted by Gasteiger charge is -2.17. The Kier molecular flexibility index (Phi) is 7.97. The number of ketones is 1. The number of azo groups is 1. The molecule has 0 unspecified atom stereocenters. The van der Waals surface area contributed by atoms with E-state index in [1.54, 1.807) is 24.3 Å². The summed E-state index contributed by atoms with van der Waals surface area (Å²) in [5.41, 5.74) is 0.547. The predicted molar refractivity (Wildman–Crippen MR) is 90.3 cm³/mol. The first-order valence-electron chi connectivity index (χ1n) is 7.75. The molecule has 0 heterocycles. The molecule has 1 aromatic carbocycles. The normalized spacial score (nSPS) is 12.6. The van der Waals surface area contributed by atoms with Crippen LogP contribution >= 0.6 is 0 Å². The summed E-state index contributed by atoms with van der Waals surface area (Å²) in [6.07, 6.45) is 0. The first-order valence-corrected chi connectivity index (χ1v) is 7.75. The number of Topliss-reactive ketones (excluding diaryl/α,β-unsaturated/α-hetero) is 1. The second kappa shape index (κ2) is 9.74. The van der Waals surface area contributed by atoms with Crippen molar-refractivity contribution in [1.29, 1.82) is 0 Å². The molecule has 23 heavy (non-hydrogen) atoms. The van der Waals surface area contributed by atoms with Crippen LogP contribution in [0.5, 0.6) is 5.75 Å². The summed E-state index contributed by atoms with van der Waals surface area (Å²) >= 11 is 0. The van der Waals surface area contributed by atoms with E-state index in [1.807, 2.05) is 0 Å². The Morgan fingerprint density at radius 3 is 2.26 bits per heavy atom. The van der Waals surface area contributed by atoms with Crippen LogP contribution in [0.2, 0.25) is 0 Å². The highest BCUT2D eigenvalue weighted by molar-refractivity contribution is 5.93. The van der Waals surface area contributed by atoms with Gasteiger partial charge in [-0.2, -0.15) is 5.11 Å². The predicted octanol–water partition coefficient (Wildman–Crippen LogP) is 3.87. The molecule has 0 saturated heterocycles. The van der Waals surface area contributed by atoms with Crippen LogP contribution in [0.1, 0.15) is 27.7 Å². The molecule has 1 aromatic rings. The summed E-state index contributed by atoms with van der Waals surface area (Å²) in [7, 11) is 0. The fourth-order valence-corrected chi connectivity index (χ4v) is 1.95. The molecule has 0 radical (unpaired) electrons. The van der Waals surface area contributed by atoms with Crippen LogP contribution in [0.15, 0.2) is 46.0 Å². The molecule has 1 rings (SSSR count). The standard InChI is InChI=1S/C17H25N3O3/c1-5-20(6-2)11-12-23-16-9-7-15(8-10-16)18-19-17(13(3)21)14(4)22/h7-10,21H,5-6,11-12H2,1-4H3/b17-13+,19-18?. The van der Waals surface area contributed by atoms with E-state index in [1.165, 1.54) is 13.8 Å².